The van der Waals surface area contributed by atoms with Crippen molar-refractivity contribution in [1.29, 1.82) is 0 Å². The predicted octanol–water partition coefficient (Wildman–Crippen LogP) is 0.960. The van der Waals surface area contributed by atoms with Gasteiger partial charge in [0.2, 0.25) is 5.82 Å². The van der Waals surface area contributed by atoms with Crippen LogP contribution < -0.4 is 15.4 Å². The molecule has 8 nitrogen and oxygen atoms in total. The molecule has 0 atom stereocenters. The number of nitrogens with two attached hydrogens (primary N) is 1. The molecular weight excluding hydrogens is 328 g/mol. The van der Waals surface area contributed by atoms with E-state index in [1.807, 2.05) is 12.3 Å². The van der Waals surface area contributed by atoms with Crippen LogP contribution in [0.1, 0.15) is 5.56 Å². The van der Waals surface area contributed by atoms with Crippen LogP contribution in [0.3, 0.4) is 0 Å². The molecule has 0 aromatic carbocycles. The minimum absolute atomic E-state index is 0.198. The third kappa shape index (κ3) is 4.39. The van der Waals surface area contributed by atoms with Crippen molar-refractivity contribution in [1.82, 2.24) is 18.6 Å². The van der Waals surface area contributed by atoms with Crippen LogP contribution in [0.25, 0.3) is 0 Å². The van der Waals surface area contributed by atoms with Gasteiger partial charge in [-0.15, -0.1) is 4.37 Å². The Morgan fingerprint density at radius 2 is 2.17 bits per heavy atom. The minimum atomic E-state index is -0.868. The first-order valence-electron chi connectivity index (χ1n) is 7.70. The van der Waals surface area contributed by atoms with Crippen molar-refractivity contribution in [3.63, 3.8) is 0 Å². The van der Waals surface area contributed by atoms with Gasteiger partial charge in [-0.05, 0) is 24.5 Å². The molecule has 2 N–H and O–H groups in total. The van der Waals surface area contributed by atoms with E-state index in [-0.39, 0.29) is 5.88 Å². The average molecular weight is 347 g/mol. The van der Waals surface area contributed by atoms with Crippen molar-refractivity contribution in [3.05, 3.63) is 36.5 Å². The van der Waals surface area contributed by atoms with Gasteiger partial charge in [-0.2, -0.15) is 4.37 Å². The Morgan fingerprint density at radius 3 is 2.88 bits per heavy atom. The van der Waals surface area contributed by atoms with E-state index in [1.165, 1.54) is 5.56 Å². The quantitative estimate of drug-likeness (QED) is 0.831. The molecule has 3 rings (SSSR count). The Hall–Kier alpha value is -2.26. The summed E-state index contributed by atoms with van der Waals surface area (Å²) in [5, 5.41) is 0. The number of carbonyl (C=O) groups excluding carboxylic acids is 1. The summed E-state index contributed by atoms with van der Waals surface area (Å²) in [4.78, 5) is 19.5. The summed E-state index contributed by atoms with van der Waals surface area (Å²) < 4.78 is 13.1. The molecule has 0 aliphatic carbocycles. The number of pyridine rings is 1. The number of piperazine rings is 1. The standard InChI is InChI=1S/C15H19N6O2S/c16-15(22)23-14-13(18-24-19-14)21-9-7-20(8-10-21)6-2-4-12-3-1-5-17-11-12/h1-3,5,11H,4,6-10H2,(H2,16,22). The normalized spacial score (nSPS) is 15.4. The lowest BCUT2D eigenvalue weighted by Gasteiger charge is -2.34. The average Bonchev–Trinajstić information content (AvgIpc) is 3.04. The van der Waals surface area contributed by atoms with Gasteiger partial charge < -0.3 is 15.4 Å². The van der Waals surface area contributed by atoms with E-state index in [0.717, 1.165) is 50.9 Å². The zero-order valence-electron chi connectivity index (χ0n) is 13.2. The van der Waals surface area contributed by atoms with Crippen LogP contribution in [0, 0.1) is 6.42 Å². The van der Waals surface area contributed by atoms with E-state index in [1.54, 1.807) is 6.20 Å². The molecule has 1 fully saturated rings. The Balaban J connectivity index is 1.44. The summed E-state index contributed by atoms with van der Waals surface area (Å²) in [6, 6.07) is 4.03. The topological polar surface area (TPSA) is 97.5 Å². The summed E-state index contributed by atoms with van der Waals surface area (Å²) >= 11 is 1.01. The van der Waals surface area contributed by atoms with Gasteiger partial charge in [0.15, 0.2) is 0 Å². The number of rotatable bonds is 6. The molecule has 0 unspecified atom stereocenters. The molecule has 127 valence electrons. The molecule has 24 heavy (non-hydrogen) atoms. The second kappa shape index (κ2) is 8.02. The Bertz CT molecular complexity index is 657. The number of hydrogen-bond acceptors (Lipinski definition) is 8. The molecule has 1 amide bonds. The number of ether oxygens (including phenoxy) is 1. The van der Waals surface area contributed by atoms with Crippen LogP contribution in [0.5, 0.6) is 5.88 Å². The highest BCUT2D eigenvalue weighted by molar-refractivity contribution is 6.99. The smallest absolute Gasteiger partial charge is 0.386 e. The number of anilines is 1. The molecule has 1 saturated heterocycles. The number of primary amides is 1. The van der Waals surface area contributed by atoms with Crippen LogP contribution >= 0.6 is 11.7 Å². The highest BCUT2D eigenvalue weighted by Crippen LogP contribution is 2.26. The summed E-state index contributed by atoms with van der Waals surface area (Å²) in [5.41, 5.74) is 6.27. The molecule has 0 saturated carbocycles. The summed E-state index contributed by atoms with van der Waals surface area (Å²) in [6.07, 6.45) is 5.99. The monoisotopic (exact) mass is 347 g/mol. The first-order valence-corrected chi connectivity index (χ1v) is 8.43. The van der Waals surface area contributed by atoms with E-state index in [4.69, 9.17) is 10.5 Å². The molecule has 1 aliphatic heterocycles. The third-order valence-electron chi connectivity index (χ3n) is 3.80. The maximum Gasteiger partial charge on any atom is 0.411 e. The fourth-order valence-corrected chi connectivity index (χ4v) is 3.11. The maximum absolute atomic E-state index is 10.9. The fraction of sp³-hybridized carbons (Fsp3) is 0.400. The van der Waals surface area contributed by atoms with Gasteiger partial charge in [0.1, 0.15) is 0 Å². The van der Waals surface area contributed by atoms with Gasteiger partial charge in [0, 0.05) is 45.1 Å². The van der Waals surface area contributed by atoms with Gasteiger partial charge in [-0.25, -0.2) is 4.79 Å². The lowest BCUT2D eigenvalue weighted by Crippen LogP contribution is -2.47. The number of aromatic nitrogens is 3. The fourth-order valence-electron chi connectivity index (χ4n) is 2.60. The number of nitrogens with zero attached hydrogens (tertiary/aromatic N) is 5. The second-order valence-electron chi connectivity index (χ2n) is 5.46. The van der Waals surface area contributed by atoms with Crippen molar-refractivity contribution in [2.45, 2.75) is 6.42 Å². The predicted molar refractivity (Wildman–Crippen MR) is 91.0 cm³/mol. The number of hydrogen-bond donors (Lipinski definition) is 1. The van der Waals surface area contributed by atoms with Crippen molar-refractivity contribution in [3.8, 4) is 5.88 Å². The molecular formula is C15H19N6O2S. The Morgan fingerprint density at radius 1 is 1.33 bits per heavy atom. The summed E-state index contributed by atoms with van der Waals surface area (Å²) in [7, 11) is 0. The van der Waals surface area contributed by atoms with E-state index >= 15 is 0 Å². The van der Waals surface area contributed by atoms with E-state index in [2.05, 4.69) is 36.0 Å². The zero-order valence-corrected chi connectivity index (χ0v) is 14.0. The SMILES string of the molecule is NC(=O)Oc1nsnc1N1CCN(C[CH]Cc2cccnc2)CC1. The second-order valence-corrected chi connectivity index (χ2v) is 5.98. The van der Waals surface area contributed by atoms with Gasteiger partial charge in [-0.1, -0.05) is 6.07 Å². The van der Waals surface area contributed by atoms with E-state index in [9.17, 15) is 4.79 Å². The highest BCUT2D eigenvalue weighted by Gasteiger charge is 2.23. The molecule has 0 bridgehead atoms. The number of carbonyl (C=O) groups is 1. The molecule has 9 heteroatoms. The van der Waals surface area contributed by atoms with Gasteiger partial charge in [0.05, 0.1) is 11.7 Å². The lowest BCUT2D eigenvalue weighted by atomic mass is 10.1. The molecule has 2 aromatic heterocycles. The lowest BCUT2D eigenvalue weighted by molar-refractivity contribution is 0.209. The molecule has 1 aliphatic rings. The van der Waals surface area contributed by atoms with Crippen LogP contribution in [-0.4, -0.2) is 57.4 Å². The largest absolute Gasteiger partial charge is 0.411 e. The van der Waals surface area contributed by atoms with Gasteiger partial charge in [0.25, 0.3) is 5.88 Å². The molecule has 2 aromatic rings. The molecule has 3 heterocycles. The minimum Gasteiger partial charge on any atom is -0.386 e. The highest BCUT2D eigenvalue weighted by atomic mass is 32.1. The first kappa shape index (κ1) is 16.6. The molecule has 0 spiro atoms. The van der Waals surface area contributed by atoms with E-state index in [0.29, 0.717) is 5.82 Å². The molecule has 1 radical (unpaired) electrons. The van der Waals surface area contributed by atoms with Crippen LogP contribution in [-0.2, 0) is 6.42 Å². The van der Waals surface area contributed by atoms with Crippen molar-refractivity contribution in [2.75, 3.05) is 37.6 Å². The summed E-state index contributed by atoms with van der Waals surface area (Å²) in [5.74, 6) is 0.793. The van der Waals surface area contributed by atoms with Crippen LogP contribution in [0.15, 0.2) is 24.5 Å². The van der Waals surface area contributed by atoms with Gasteiger partial charge >= 0.3 is 6.09 Å². The Labute approximate surface area is 144 Å². The van der Waals surface area contributed by atoms with Crippen molar-refractivity contribution >= 4 is 23.6 Å². The first-order chi connectivity index (χ1) is 11.7. The van der Waals surface area contributed by atoms with Crippen LogP contribution in [0.2, 0.25) is 0 Å². The van der Waals surface area contributed by atoms with Crippen molar-refractivity contribution < 1.29 is 9.53 Å². The van der Waals surface area contributed by atoms with Gasteiger partial charge in [-0.3, -0.25) is 9.88 Å². The maximum atomic E-state index is 10.9. The third-order valence-corrected chi connectivity index (χ3v) is 4.30. The van der Waals surface area contributed by atoms with Crippen LogP contribution in [0.4, 0.5) is 10.6 Å². The zero-order chi connectivity index (χ0) is 16.8. The Kier molecular flexibility index (Phi) is 5.55. The number of amides is 1. The van der Waals surface area contributed by atoms with E-state index < -0.39 is 6.09 Å². The summed E-state index contributed by atoms with van der Waals surface area (Å²) in [6.45, 7) is 4.37. The van der Waals surface area contributed by atoms with Crippen molar-refractivity contribution in [2.24, 2.45) is 5.73 Å².